The molecule has 0 aromatic heterocycles. The minimum Gasteiger partial charge on any atom is -0.452 e. The Morgan fingerprint density at radius 3 is 2.68 bits per heavy atom. The van der Waals surface area contributed by atoms with Crippen LogP contribution in [0.1, 0.15) is 24.5 Å². The van der Waals surface area contributed by atoms with Crippen molar-refractivity contribution in [3.05, 3.63) is 40.4 Å². The monoisotopic (exact) mass is 366 g/mol. The van der Waals surface area contributed by atoms with Gasteiger partial charge in [-0.05, 0) is 36.6 Å². The first-order chi connectivity index (χ1) is 11.8. The normalized spacial score (nSPS) is 10.6. The fourth-order valence-electron chi connectivity index (χ4n) is 1.79. The van der Waals surface area contributed by atoms with Crippen LogP contribution < -0.4 is 5.32 Å². The van der Waals surface area contributed by atoms with E-state index in [0.717, 1.165) is 17.5 Å². The zero-order valence-electron chi connectivity index (χ0n) is 14.7. The molecule has 0 fully saturated rings. The Morgan fingerprint density at radius 2 is 2.04 bits per heavy atom. The van der Waals surface area contributed by atoms with E-state index in [1.807, 2.05) is 26.0 Å². The highest BCUT2D eigenvalue weighted by molar-refractivity contribution is 6.31. The molecular weight excluding hydrogens is 344 g/mol. The second kappa shape index (κ2) is 10.5. The number of carbonyl (C=O) groups is 3. The molecule has 0 saturated heterocycles. The SMILES string of the molecule is CCCNC(=O)CN(C)C(=O)COC(=O)/C=C/c1ccc(C)c(Cl)c1. The highest BCUT2D eigenvalue weighted by Crippen LogP contribution is 2.17. The first kappa shape index (κ1) is 20.7. The van der Waals surface area contributed by atoms with Crippen LogP contribution in [0.5, 0.6) is 0 Å². The van der Waals surface area contributed by atoms with E-state index in [9.17, 15) is 14.4 Å². The summed E-state index contributed by atoms with van der Waals surface area (Å²) in [6.45, 7) is 3.88. The summed E-state index contributed by atoms with van der Waals surface area (Å²) >= 11 is 6.01. The van der Waals surface area contributed by atoms with Gasteiger partial charge in [-0.1, -0.05) is 30.7 Å². The van der Waals surface area contributed by atoms with Gasteiger partial charge in [0.05, 0.1) is 6.54 Å². The number of ether oxygens (including phenoxy) is 1. The minimum atomic E-state index is -0.645. The number of carbonyl (C=O) groups excluding carboxylic acids is 3. The van der Waals surface area contributed by atoms with Gasteiger partial charge in [-0.15, -0.1) is 0 Å². The highest BCUT2D eigenvalue weighted by Gasteiger charge is 2.14. The van der Waals surface area contributed by atoms with Crippen LogP contribution in [-0.2, 0) is 19.1 Å². The molecule has 0 aliphatic carbocycles. The quantitative estimate of drug-likeness (QED) is 0.565. The van der Waals surface area contributed by atoms with Gasteiger partial charge in [0.2, 0.25) is 5.91 Å². The molecule has 0 radical (unpaired) electrons. The van der Waals surface area contributed by atoms with Gasteiger partial charge in [0, 0.05) is 24.7 Å². The summed E-state index contributed by atoms with van der Waals surface area (Å²) in [5, 5.41) is 3.27. The van der Waals surface area contributed by atoms with E-state index < -0.39 is 18.5 Å². The zero-order chi connectivity index (χ0) is 18.8. The summed E-state index contributed by atoms with van der Waals surface area (Å²) in [7, 11) is 1.48. The van der Waals surface area contributed by atoms with Crippen LogP contribution in [0.4, 0.5) is 0 Å². The lowest BCUT2D eigenvalue weighted by Crippen LogP contribution is -2.40. The van der Waals surface area contributed by atoms with Crippen molar-refractivity contribution in [2.24, 2.45) is 0 Å². The predicted molar refractivity (Wildman–Crippen MR) is 97.1 cm³/mol. The fraction of sp³-hybridized carbons (Fsp3) is 0.389. The average Bonchev–Trinajstić information content (AvgIpc) is 2.58. The van der Waals surface area contributed by atoms with E-state index in [1.165, 1.54) is 18.0 Å². The third-order valence-electron chi connectivity index (χ3n) is 3.32. The van der Waals surface area contributed by atoms with E-state index in [2.05, 4.69) is 5.32 Å². The standard InChI is InChI=1S/C18H23ClN2O4/c1-4-9-20-16(22)11-21(3)17(23)12-25-18(24)8-7-14-6-5-13(2)15(19)10-14/h5-8,10H,4,9,11-12H2,1-3H3,(H,20,22)/b8-7+. The van der Waals surface area contributed by atoms with Gasteiger partial charge in [0.25, 0.3) is 5.91 Å². The van der Waals surface area contributed by atoms with Gasteiger partial charge in [0.15, 0.2) is 6.61 Å². The van der Waals surface area contributed by atoms with E-state index in [0.29, 0.717) is 11.6 Å². The number of likely N-dealkylation sites (N-methyl/N-ethyl adjacent to an activating group) is 1. The van der Waals surface area contributed by atoms with Crippen LogP contribution >= 0.6 is 11.6 Å². The first-order valence-electron chi connectivity index (χ1n) is 7.95. The third-order valence-corrected chi connectivity index (χ3v) is 3.73. The van der Waals surface area contributed by atoms with Gasteiger partial charge in [-0.3, -0.25) is 9.59 Å². The molecule has 25 heavy (non-hydrogen) atoms. The van der Waals surface area contributed by atoms with Crippen molar-refractivity contribution in [3.63, 3.8) is 0 Å². The van der Waals surface area contributed by atoms with E-state index in [-0.39, 0.29) is 12.5 Å². The van der Waals surface area contributed by atoms with Crippen molar-refractivity contribution in [2.45, 2.75) is 20.3 Å². The van der Waals surface area contributed by atoms with Crippen LogP contribution in [0.2, 0.25) is 5.02 Å². The zero-order valence-corrected chi connectivity index (χ0v) is 15.4. The second-order valence-electron chi connectivity index (χ2n) is 5.55. The number of aryl methyl sites for hydroxylation is 1. The van der Waals surface area contributed by atoms with Crippen molar-refractivity contribution in [3.8, 4) is 0 Å². The molecule has 1 rings (SSSR count). The van der Waals surface area contributed by atoms with E-state index in [4.69, 9.17) is 16.3 Å². The largest absolute Gasteiger partial charge is 0.452 e. The molecular formula is C18H23ClN2O4. The Kier molecular flexibility index (Phi) is 8.70. The maximum absolute atomic E-state index is 11.8. The third kappa shape index (κ3) is 7.85. The van der Waals surface area contributed by atoms with Gasteiger partial charge in [-0.25, -0.2) is 4.79 Å². The van der Waals surface area contributed by atoms with E-state index >= 15 is 0 Å². The Bertz CT molecular complexity index is 658. The summed E-state index contributed by atoms with van der Waals surface area (Å²) in [5.41, 5.74) is 1.70. The van der Waals surface area contributed by atoms with Gasteiger partial charge < -0.3 is 15.0 Å². The van der Waals surface area contributed by atoms with Gasteiger partial charge >= 0.3 is 5.97 Å². The molecule has 0 aliphatic heterocycles. The molecule has 0 unspecified atom stereocenters. The maximum Gasteiger partial charge on any atom is 0.331 e. The van der Waals surface area contributed by atoms with Crippen molar-refractivity contribution < 1.29 is 19.1 Å². The molecule has 0 atom stereocenters. The topological polar surface area (TPSA) is 75.7 Å². The molecule has 1 aromatic carbocycles. The lowest BCUT2D eigenvalue weighted by molar-refractivity contribution is -0.148. The lowest BCUT2D eigenvalue weighted by Gasteiger charge is -2.16. The number of amides is 2. The highest BCUT2D eigenvalue weighted by atomic mass is 35.5. The summed E-state index contributed by atoms with van der Waals surface area (Å²) in [4.78, 5) is 36.2. The number of nitrogens with one attached hydrogen (secondary N) is 1. The molecule has 0 aliphatic rings. The molecule has 136 valence electrons. The lowest BCUT2D eigenvalue weighted by atomic mass is 10.1. The number of hydrogen-bond acceptors (Lipinski definition) is 4. The molecule has 1 N–H and O–H groups in total. The second-order valence-corrected chi connectivity index (χ2v) is 5.96. The number of hydrogen-bond donors (Lipinski definition) is 1. The number of rotatable bonds is 8. The van der Waals surface area contributed by atoms with Crippen LogP contribution in [0.3, 0.4) is 0 Å². The Hall–Kier alpha value is -2.34. The molecule has 7 heteroatoms. The Morgan fingerprint density at radius 1 is 1.32 bits per heavy atom. The van der Waals surface area contributed by atoms with Crippen LogP contribution in [0, 0.1) is 6.92 Å². The molecule has 0 bridgehead atoms. The van der Waals surface area contributed by atoms with Crippen molar-refractivity contribution in [1.82, 2.24) is 10.2 Å². The summed E-state index contributed by atoms with van der Waals surface area (Å²) in [6.07, 6.45) is 3.60. The minimum absolute atomic E-state index is 0.0753. The fourth-order valence-corrected chi connectivity index (χ4v) is 1.98. The number of nitrogens with zero attached hydrogens (tertiary/aromatic N) is 1. The van der Waals surface area contributed by atoms with Crippen molar-refractivity contribution >= 4 is 35.5 Å². The molecule has 6 nitrogen and oxygen atoms in total. The molecule has 1 aromatic rings. The van der Waals surface area contributed by atoms with Gasteiger partial charge in [-0.2, -0.15) is 0 Å². The molecule has 0 spiro atoms. The van der Waals surface area contributed by atoms with Gasteiger partial charge in [0.1, 0.15) is 0 Å². The Labute approximate surface area is 152 Å². The number of halogens is 1. The predicted octanol–water partition coefficient (Wildman–Crippen LogP) is 2.19. The number of esters is 1. The van der Waals surface area contributed by atoms with Crippen LogP contribution in [0.15, 0.2) is 24.3 Å². The smallest absolute Gasteiger partial charge is 0.331 e. The van der Waals surface area contributed by atoms with Crippen molar-refractivity contribution in [1.29, 1.82) is 0 Å². The Balaban J connectivity index is 2.41. The molecule has 0 heterocycles. The average molecular weight is 367 g/mol. The molecule has 0 saturated carbocycles. The van der Waals surface area contributed by atoms with Crippen LogP contribution in [0.25, 0.3) is 6.08 Å². The van der Waals surface area contributed by atoms with Crippen LogP contribution in [-0.4, -0.2) is 49.4 Å². The van der Waals surface area contributed by atoms with E-state index in [1.54, 1.807) is 12.1 Å². The number of benzene rings is 1. The summed E-state index contributed by atoms with van der Waals surface area (Å²) < 4.78 is 4.88. The summed E-state index contributed by atoms with van der Waals surface area (Å²) in [5.74, 6) is -1.35. The van der Waals surface area contributed by atoms with Crippen molar-refractivity contribution in [2.75, 3.05) is 26.7 Å². The first-order valence-corrected chi connectivity index (χ1v) is 8.33. The summed E-state index contributed by atoms with van der Waals surface area (Å²) in [6, 6.07) is 5.39. The molecule has 2 amide bonds. The maximum atomic E-state index is 11.8.